The maximum atomic E-state index is 12.3. The lowest BCUT2D eigenvalue weighted by atomic mass is 9.87. The molecular formula is C20H27NO3. The first-order valence-electron chi connectivity index (χ1n) is 9.12. The summed E-state index contributed by atoms with van der Waals surface area (Å²) in [5.41, 5.74) is 0.753. The smallest absolute Gasteiger partial charge is 0.220 e. The minimum Gasteiger partial charge on any atom is -0.490 e. The number of amides is 1. The molecule has 4 nitrogen and oxygen atoms in total. The van der Waals surface area contributed by atoms with E-state index < -0.39 is 0 Å². The molecule has 0 aliphatic heterocycles. The van der Waals surface area contributed by atoms with E-state index in [0.29, 0.717) is 18.9 Å². The second-order valence-electron chi connectivity index (χ2n) is 6.75. The lowest BCUT2D eigenvalue weighted by Gasteiger charge is -2.21. The summed E-state index contributed by atoms with van der Waals surface area (Å²) >= 11 is 0. The van der Waals surface area contributed by atoms with Gasteiger partial charge in [0.1, 0.15) is 5.76 Å². The van der Waals surface area contributed by atoms with E-state index in [4.69, 9.17) is 9.15 Å². The Morgan fingerprint density at radius 3 is 2.88 bits per heavy atom. The summed E-state index contributed by atoms with van der Waals surface area (Å²) < 4.78 is 11.6. The highest BCUT2D eigenvalue weighted by molar-refractivity contribution is 5.84. The van der Waals surface area contributed by atoms with Crippen LogP contribution in [0.5, 0.6) is 5.75 Å². The SMILES string of the molecule is CCOc1cccc2cc(C(C)NC(=O)CC3CCCCC3)oc12. The third-order valence-electron chi connectivity index (χ3n) is 4.83. The van der Waals surface area contributed by atoms with Crippen molar-refractivity contribution in [2.45, 2.75) is 58.4 Å². The number of para-hydroxylation sites is 1. The summed E-state index contributed by atoms with van der Waals surface area (Å²) in [4.78, 5) is 12.3. The molecule has 24 heavy (non-hydrogen) atoms. The van der Waals surface area contributed by atoms with E-state index in [2.05, 4.69) is 5.32 Å². The molecule has 1 fully saturated rings. The second kappa shape index (κ2) is 7.73. The van der Waals surface area contributed by atoms with E-state index in [-0.39, 0.29) is 11.9 Å². The number of hydrogen-bond donors (Lipinski definition) is 1. The van der Waals surface area contributed by atoms with E-state index >= 15 is 0 Å². The lowest BCUT2D eigenvalue weighted by Crippen LogP contribution is -2.28. The third-order valence-corrected chi connectivity index (χ3v) is 4.83. The summed E-state index contributed by atoms with van der Waals surface area (Å²) in [5.74, 6) is 2.20. The lowest BCUT2D eigenvalue weighted by molar-refractivity contribution is -0.123. The zero-order valence-corrected chi connectivity index (χ0v) is 14.6. The summed E-state index contributed by atoms with van der Waals surface area (Å²) in [7, 11) is 0. The van der Waals surface area contributed by atoms with E-state index in [9.17, 15) is 4.79 Å². The van der Waals surface area contributed by atoms with Gasteiger partial charge in [0.15, 0.2) is 11.3 Å². The molecular weight excluding hydrogens is 302 g/mol. The van der Waals surface area contributed by atoms with Crippen LogP contribution in [0.3, 0.4) is 0 Å². The fraction of sp³-hybridized carbons (Fsp3) is 0.550. The van der Waals surface area contributed by atoms with Gasteiger partial charge >= 0.3 is 0 Å². The topological polar surface area (TPSA) is 51.5 Å². The molecule has 1 aromatic carbocycles. The number of benzene rings is 1. The van der Waals surface area contributed by atoms with E-state index in [1.54, 1.807) is 0 Å². The van der Waals surface area contributed by atoms with Gasteiger partial charge < -0.3 is 14.5 Å². The van der Waals surface area contributed by atoms with Gasteiger partial charge in [-0.05, 0) is 44.7 Å². The van der Waals surface area contributed by atoms with Crippen molar-refractivity contribution >= 4 is 16.9 Å². The standard InChI is InChI=1S/C20H27NO3/c1-3-23-17-11-7-10-16-13-18(24-20(16)17)14(2)21-19(22)12-15-8-5-4-6-9-15/h7,10-11,13-15H,3-6,8-9,12H2,1-2H3,(H,21,22). The maximum absolute atomic E-state index is 12.3. The van der Waals surface area contributed by atoms with Crippen molar-refractivity contribution in [3.63, 3.8) is 0 Å². The first kappa shape index (κ1) is 16.9. The highest BCUT2D eigenvalue weighted by atomic mass is 16.5. The molecule has 130 valence electrons. The molecule has 1 atom stereocenters. The molecule has 3 rings (SSSR count). The molecule has 1 saturated carbocycles. The van der Waals surface area contributed by atoms with Crippen molar-refractivity contribution < 1.29 is 13.9 Å². The maximum Gasteiger partial charge on any atom is 0.220 e. The Balaban J connectivity index is 1.65. The van der Waals surface area contributed by atoms with Crippen LogP contribution in [0.4, 0.5) is 0 Å². The van der Waals surface area contributed by atoms with E-state index in [1.807, 2.05) is 38.1 Å². The van der Waals surface area contributed by atoms with Crippen molar-refractivity contribution in [3.8, 4) is 5.75 Å². The van der Waals surface area contributed by atoms with Crippen LogP contribution in [0.25, 0.3) is 11.0 Å². The second-order valence-corrected chi connectivity index (χ2v) is 6.75. The molecule has 0 bridgehead atoms. The molecule has 0 radical (unpaired) electrons. The van der Waals surface area contributed by atoms with Crippen molar-refractivity contribution in [2.24, 2.45) is 5.92 Å². The zero-order valence-electron chi connectivity index (χ0n) is 14.6. The molecule has 4 heteroatoms. The quantitative estimate of drug-likeness (QED) is 0.813. The minimum atomic E-state index is -0.136. The van der Waals surface area contributed by atoms with Gasteiger partial charge in [0.25, 0.3) is 0 Å². The van der Waals surface area contributed by atoms with Gasteiger partial charge in [0.05, 0.1) is 12.6 Å². The van der Waals surface area contributed by atoms with Crippen LogP contribution in [0.15, 0.2) is 28.7 Å². The van der Waals surface area contributed by atoms with Crippen LogP contribution in [0.1, 0.15) is 64.2 Å². The molecule has 1 heterocycles. The van der Waals surface area contributed by atoms with Gasteiger partial charge in [-0.15, -0.1) is 0 Å². The number of fused-ring (bicyclic) bond motifs is 1. The Bertz CT molecular complexity index is 685. The number of rotatable bonds is 6. The van der Waals surface area contributed by atoms with Crippen LogP contribution in [0, 0.1) is 5.92 Å². The number of carbonyl (C=O) groups excluding carboxylic acids is 1. The first-order valence-corrected chi connectivity index (χ1v) is 9.12. The Morgan fingerprint density at radius 1 is 1.33 bits per heavy atom. The van der Waals surface area contributed by atoms with Gasteiger partial charge in [-0.25, -0.2) is 0 Å². The molecule has 0 spiro atoms. The summed E-state index contributed by atoms with van der Waals surface area (Å²) in [6, 6.07) is 7.72. The van der Waals surface area contributed by atoms with E-state index in [1.165, 1.54) is 32.1 Å². The predicted molar refractivity (Wildman–Crippen MR) is 95.1 cm³/mol. The fourth-order valence-electron chi connectivity index (χ4n) is 3.56. The Kier molecular flexibility index (Phi) is 5.44. The van der Waals surface area contributed by atoms with Crippen molar-refractivity contribution in [2.75, 3.05) is 6.61 Å². The third kappa shape index (κ3) is 3.92. The van der Waals surface area contributed by atoms with Gasteiger partial charge in [0.2, 0.25) is 5.91 Å². The number of furan rings is 1. The van der Waals surface area contributed by atoms with Gasteiger partial charge in [-0.1, -0.05) is 31.4 Å². The van der Waals surface area contributed by atoms with Crippen LogP contribution < -0.4 is 10.1 Å². The number of ether oxygens (including phenoxy) is 1. The van der Waals surface area contributed by atoms with Crippen LogP contribution >= 0.6 is 0 Å². The molecule has 1 N–H and O–H groups in total. The molecule has 1 amide bonds. The van der Waals surface area contributed by atoms with Gasteiger partial charge in [0, 0.05) is 11.8 Å². The molecule has 1 aliphatic carbocycles. The summed E-state index contributed by atoms with van der Waals surface area (Å²) in [6.07, 6.45) is 6.84. The number of nitrogens with one attached hydrogen (secondary N) is 1. The fourth-order valence-corrected chi connectivity index (χ4v) is 3.56. The van der Waals surface area contributed by atoms with Gasteiger partial charge in [-0.3, -0.25) is 4.79 Å². The Hall–Kier alpha value is -1.97. The van der Waals surface area contributed by atoms with Crippen LogP contribution in [0.2, 0.25) is 0 Å². The van der Waals surface area contributed by atoms with Gasteiger partial charge in [-0.2, -0.15) is 0 Å². The molecule has 2 aromatic rings. The highest BCUT2D eigenvalue weighted by Crippen LogP contribution is 2.31. The average molecular weight is 329 g/mol. The molecule has 1 aliphatic rings. The number of carbonyl (C=O) groups is 1. The predicted octanol–water partition coefficient (Wildman–Crippen LogP) is 4.98. The average Bonchev–Trinajstić information content (AvgIpc) is 3.01. The summed E-state index contributed by atoms with van der Waals surface area (Å²) in [6.45, 7) is 4.52. The number of hydrogen-bond acceptors (Lipinski definition) is 3. The highest BCUT2D eigenvalue weighted by Gasteiger charge is 2.20. The van der Waals surface area contributed by atoms with Crippen LogP contribution in [-0.4, -0.2) is 12.5 Å². The van der Waals surface area contributed by atoms with E-state index in [0.717, 1.165) is 22.5 Å². The van der Waals surface area contributed by atoms with Crippen molar-refractivity contribution in [1.82, 2.24) is 5.32 Å². The normalized spacial score (nSPS) is 16.9. The minimum absolute atomic E-state index is 0.125. The Morgan fingerprint density at radius 2 is 2.12 bits per heavy atom. The van der Waals surface area contributed by atoms with Crippen molar-refractivity contribution in [3.05, 3.63) is 30.0 Å². The molecule has 0 saturated heterocycles. The summed E-state index contributed by atoms with van der Waals surface area (Å²) in [5, 5.41) is 4.09. The Labute approximate surface area is 143 Å². The molecule has 1 aromatic heterocycles. The molecule has 1 unspecified atom stereocenters. The zero-order chi connectivity index (χ0) is 16.9. The monoisotopic (exact) mass is 329 g/mol. The first-order chi connectivity index (χ1) is 11.7. The van der Waals surface area contributed by atoms with Crippen molar-refractivity contribution in [1.29, 1.82) is 0 Å². The largest absolute Gasteiger partial charge is 0.490 e. The van der Waals surface area contributed by atoms with Crippen LogP contribution in [-0.2, 0) is 4.79 Å².